The van der Waals surface area contributed by atoms with Gasteiger partial charge in [-0.05, 0) is 55.2 Å². The molecule has 130 valence electrons. The fraction of sp³-hybridized carbons (Fsp3) is 0.700. The molecule has 1 amide bonds. The van der Waals surface area contributed by atoms with Gasteiger partial charge in [0, 0.05) is 51.0 Å². The summed E-state index contributed by atoms with van der Waals surface area (Å²) in [6.07, 6.45) is 12.5. The maximum absolute atomic E-state index is 12.4. The number of pyridine rings is 1. The van der Waals surface area contributed by atoms with E-state index in [1.54, 1.807) is 0 Å². The normalized spacial score (nSPS) is 22.1. The van der Waals surface area contributed by atoms with E-state index in [4.69, 9.17) is 0 Å². The molecule has 3 aliphatic rings. The van der Waals surface area contributed by atoms with E-state index in [9.17, 15) is 4.79 Å². The lowest BCUT2D eigenvalue weighted by molar-refractivity contribution is -0.140. The number of nitrogens with zero attached hydrogens (tertiary/aromatic N) is 3. The molecule has 0 bridgehead atoms. The molecule has 0 N–H and O–H groups in total. The van der Waals surface area contributed by atoms with Crippen molar-refractivity contribution in [3.63, 3.8) is 0 Å². The summed E-state index contributed by atoms with van der Waals surface area (Å²) in [5, 5.41) is 0. The monoisotopic (exact) mass is 327 g/mol. The van der Waals surface area contributed by atoms with Gasteiger partial charge in [-0.15, -0.1) is 0 Å². The van der Waals surface area contributed by atoms with Gasteiger partial charge in [-0.25, -0.2) is 0 Å². The summed E-state index contributed by atoms with van der Waals surface area (Å²) < 4.78 is 0. The lowest BCUT2D eigenvalue weighted by atomic mass is 9.99. The van der Waals surface area contributed by atoms with E-state index in [1.807, 2.05) is 12.4 Å². The third kappa shape index (κ3) is 3.97. The standard InChI is InChI=1S/C20H29N3O/c24-20(11-16-3-1-2-4-16)23-14-19(15-23)22(12-17-5-6-17)13-18-7-9-21-10-8-18/h7-10,16-17,19H,1-6,11-15H2. The van der Waals surface area contributed by atoms with Crippen molar-refractivity contribution in [3.05, 3.63) is 30.1 Å². The molecule has 4 heteroatoms. The quantitative estimate of drug-likeness (QED) is 0.772. The Morgan fingerprint density at radius 3 is 2.46 bits per heavy atom. The minimum Gasteiger partial charge on any atom is -0.339 e. The first-order valence-electron chi connectivity index (χ1n) is 9.68. The van der Waals surface area contributed by atoms with Crippen LogP contribution >= 0.6 is 0 Å². The highest BCUT2D eigenvalue weighted by atomic mass is 16.2. The molecule has 4 nitrogen and oxygen atoms in total. The summed E-state index contributed by atoms with van der Waals surface area (Å²) in [6.45, 7) is 4.05. The van der Waals surface area contributed by atoms with Crippen molar-refractivity contribution in [1.82, 2.24) is 14.8 Å². The van der Waals surface area contributed by atoms with Gasteiger partial charge in [0.15, 0.2) is 0 Å². The van der Waals surface area contributed by atoms with Crippen LogP contribution in [0.1, 0.15) is 50.5 Å². The molecule has 2 aliphatic carbocycles. The second-order valence-corrected chi connectivity index (χ2v) is 8.04. The first kappa shape index (κ1) is 16.1. The minimum atomic E-state index is 0.397. The van der Waals surface area contributed by atoms with Crippen LogP contribution in [0.5, 0.6) is 0 Å². The zero-order valence-corrected chi connectivity index (χ0v) is 14.6. The van der Waals surface area contributed by atoms with E-state index in [1.165, 1.54) is 50.6 Å². The number of amides is 1. The third-order valence-electron chi connectivity index (χ3n) is 5.99. The summed E-state index contributed by atoms with van der Waals surface area (Å²) >= 11 is 0. The van der Waals surface area contributed by atoms with Gasteiger partial charge in [-0.1, -0.05) is 12.8 Å². The van der Waals surface area contributed by atoms with Crippen LogP contribution in [0.25, 0.3) is 0 Å². The van der Waals surface area contributed by atoms with E-state index in [2.05, 4.69) is 26.9 Å². The van der Waals surface area contributed by atoms with Crippen molar-refractivity contribution < 1.29 is 4.79 Å². The average Bonchev–Trinajstić information content (AvgIpc) is 3.20. The highest BCUT2D eigenvalue weighted by Gasteiger charge is 2.37. The highest BCUT2D eigenvalue weighted by Crippen LogP contribution is 2.33. The minimum absolute atomic E-state index is 0.397. The summed E-state index contributed by atoms with van der Waals surface area (Å²) in [7, 11) is 0. The van der Waals surface area contributed by atoms with E-state index in [0.717, 1.165) is 32.0 Å². The Morgan fingerprint density at radius 1 is 1.08 bits per heavy atom. The number of hydrogen-bond donors (Lipinski definition) is 0. The Kier molecular flexibility index (Phi) is 4.83. The first-order valence-corrected chi connectivity index (χ1v) is 9.68. The summed E-state index contributed by atoms with van der Waals surface area (Å²) in [5.74, 6) is 1.94. The van der Waals surface area contributed by atoms with E-state index in [-0.39, 0.29) is 0 Å². The molecule has 1 aliphatic heterocycles. The van der Waals surface area contributed by atoms with Crippen molar-refractivity contribution in [2.24, 2.45) is 11.8 Å². The molecule has 1 aromatic heterocycles. The van der Waals surface area contributed by atoms with Crippen LogP contribution in [-0.2, 0) is 11.3 Å². The molecule has 2 heterocycles. The predicted molar refractivity (Wildman–Crippen MR) is 94.3 cm³/mol. The van der Waals surface area contributed by atoms with Crippen molar-refractivity contribution in [3.8, 4) is 0 Å². The summed E-state index contributed by atoms with van der Waals surface area (Å²) in [6, 6.07) is 4.77. The molecule has 3 fully saturated rings. The van der Waals surface area contributed by atoms with Crippen molar-refractivity contribution in [2.75, 3.05) is 19.6 Å². The Balaban J connectivity index is 1.29. The number of likely N-dealkylation sites (tertiary alicyclic amines) is 1. The van der Waals surface area contributed by atoms with Crippen LogP contribution in [0.4, 0.5) is 0 Å². The SMILES string of the molecule is O=C(CC1CCCC1)N1CC(N(Cc2ccncc2)CC2CC2)C1. The van der Waals surface area contributed by atoms with Gasteiger partial charge in [0.1, 0.15) is 0 Å². The molecule has 2 saturated carbocycles. The average molecular weight is 327 g/mol. The van der Waals surface area contributed by atoms with Crippen LogP contribution < -0.4 is 0 Å². The van der Waals surface area contributed by atoms with Crippen LogP contribution in [0, 0.1) is 11.8 Å². The van der Waals surface area contributed by atoms with Gasteiger partial charge in [-0.2, -0.15) is 0 Å². The van der Waals surface area contributed by atoms with Gasteiger partial charge in [0.25, 0.3) is 0 Å². The molecular weight excluding hydrogens is 298 g/mol. The molecule has 4 rings (SSSR count). The fourth-order valence-electron chi connectivity index (χ4n) is 4.18. The van der Waals surface area contributed by atoms with E-state index >= 15 is 0 Å². The molecule has 0 radical (unpaired) electrons. The second-order valence-electron chi connectivity index (χ2n) is 8.04. The summed E-state index contributed by atoms with van der Waals surface area (Å²) in [4.78, 5) is 21.3. The molecule has 24 heavy (non-hydrogen) atoms. The largest absolute Gasteiger partial charge is 0.339 e. The Labute approximate surface area is 145 Å². The van der Waals surface area contributed by atoms with Crippen LogP contribution in [-0.4, -0.2) is 46.4 Å². The number of hydrogen-bond acceptors (Lipinski definition) is 3. The van der Waals surface area contributed by atoms with Crippen molar-refractivity contribution >= 4 is 5.91 Å². The summed E-state index contributed by atoms with van der Waals surface area (Å²) in [5.41, 5.74) is 1.33. The lowest BCUT2D eigenvalue weighted by Crippen LogP contribution is -2.61. The first-order chi connectivity index (χ1) is 11.8. The van der Waals surface area contributed by atoms with Crippen LogP contribution in [0.15, 0.2) is 24.5 Å². The Morgan fingerprint density at radius 2 is 1.79 bits per heavy atom. The lowest BCUT2D eigenvalue weighted by Gasteiger charge is -2.46. The molecular formula is C20H29N3O. The number of aromatic nitrogens is 1. The number of carbonyl (C=O) groups is 1. The maximum Gasteiger partial charge on any atom is 0.222 e. The maximum atomic E-state index is 12.4. The molecule has 0 aromatic carbocycles. The van der Waals surface area contributed by atoms with Crippen molar-refractivity contribution in [1.29, 1.82) is 0 Å². The number of carbonyl (C=O) groups excluding carboxylic acids is 1. The Bertz CT molecular complexity index is 545. The van der Waals surface area contributed by atoms with Gasteiger partial charge in [0.2, 0.25) is 5.91 Å². The fourth-order valence-corrected chi connectivity index (χ4v) is 4.18. The molecule has 0 spiro atoms. The van der Waals surface area contributed by atoms with Crippen LogP contribution in [0.3, 0.4) is 0 Å². The van der Waals surface area contributed by atoms with E-state index < -0.39 is 0 Å². The number of rotatable bonds is 7. The molecule has 1 saturated heterocycles. The molecule has 1 aromatic rings. The second kappa shape index (κ2) is 7.22. The van der Waals surface area contributed by atoms with Gasteiger partial charge in [-0.3, -0.25) is 14.7 Å². The zero-order chi connectivity index (χ0) is 16.4. The van der Waals surface area contributed by atoms with Crippen molar-refractivity contribution in [2.45, 2.75) is 57.5 Å². The predicted octanol–water partition coefficient (Wildman–Crippen LogP) is 3.08. The Hall–Kier alpha value is -1.42. The third-order valence-corrected chi connectivity index (χ3v) is 5.99. The molecule has 0 unspecified atom stereocenters. The topological polar surface area (TPSA) is 36.4 Å². The van der Waals surface area contributed by atoms with Gasteiger partial charge in [0.05, 0.1) is 0 Å². The van der Waals surface area contributed by atoms with E-state index in [0.29, 0.717) is 17.9 Å². The smallest absolute Gasteiger partial charge is 0.222 e. The van der Waals surface area contributed by atoms with Gasteiger partial charge >= 0.3 is 0 Å². The molecule has 0 atom stereocenters. The zero-order valence-electron chi connectivity index (χ0n) is 14.6. The highest BCUT2D eigenvalue weighted by molar-refractivity contribution is 5.77. The van der Waals surface area contributed by atoms with Gasteiger partial charge < -0.3 is 4.90 Å². The van der Waals surface area contributed by atoms with Crippen LogP contribution in [0.2, 0.25) is 0 Å².